The second kappa shape index (κ2) is 4.63. The molecule has 0 bridgehead atoms. The van der Waals surface area contributed by atoms with Crippen molar-refractivity contribution in [1.82, 2.24) is 4.90 Å². The Hall–Kier alpha value is -1.36. The molecule has 3 rings (SSSR count). The molecule has 1 heterocycles. The van der Waals surface area contributed by atoms with E-state index in [1.165, 1.54) is 0 Å². The lowest BCUT2D eigenvalue weighted by Gasteiger charge is -2.24. The summed E-state index contributed by atoms with van der Waals surface area (Å²) >= 11 is 1.65. The SMILES string of the molecule is CSC1(C(=O)N2CCOc3ccc(O)cc3C2)CC1. The van der Waals surface area contributed by atoms with Gasteiger partial charge in [0.1, 0.15) is 18.1 Å². The van der Waals surface area contributed by atoms with Crippen molar-refractivity contribution >= 4 is 17.7 Å². The Balaban J connectivity index is 1.84. The van der Waals surface area contributed by atoms with Gasteiger partial charge in [-0.1, -0.05) is 0 Å². The third-order valence-electron chi connectivity index (χ3n) is 3.80. The minimum Gasteiger partial charge on any atom is -0.508 e. The average molecular weight is 279 g/mol. The van der Waals surface area contributed by atoms with Gasteiger partial charge in [-0.3, -0.25) is 4.79 Å². The number of thioether (sulfide) groups is 1. The standard InChI is InChI=1S/C14H17NO3S/c1-19-14(4-5-14)13(17)15-6-7-18-12-3-2-11(16)8-10(12)9-15/h2-3,8,16H,4-7,9H2,1H3. The zero-order valence-electron chi connectivity index (χ0n) is 10.9. The van der Waals surface area contributed by atoms with E-state index in [2.05, 4.69) is 0 Å². The molecule has 0 atom stereocenters. The Morgan fingerprint density at radius 3 is 2.95 bits per heavy atom. The Morgan fingerprint density at radius 1 is 1.47 bits per heavy atom. The van der Waals surface area contributed by atoms with Crippen LogP contribution >= 0.6 is 11.8 Å². The van der Waals surface area contributed by atoms with Crippen LogP contribution < -0.4 is 4.74 Å². The van der Waals surface area contributed by atoms with E-state index in [1.54, 1.807) is 30.0 Å². The van der Waals surface area contributed by atoms with Crippen LogP contribution in [-0.2, 0) is 11.3 Å². The third-order valence-corrected chi connectivity index (χ3v) is 5.16. The van der Waals surface area contributed by atoms with Crippen molar-refractivity contribution in [1.29, 1.82) is 0 Å². The smallest absolute Gasteiger partial charge is 0.239 e. The third kappa shape index (κ3) is 2.27. The predicted molar refractivity (Wildman–Crippen MR) is 74.5 cm³/mol. The van der Waals surface area contributed by atoms with Crippen LogP contribution in [0.15, 0.2) is 18.2 Å². The van der Waals surface area contributed by atoms with E-state index in [1.807, 2.05) is 11.2 Å². The molecule has 0 aromatic heterocycles. The number of rotatable bonds is 2. The van der Waals surface area contributed by atoms with Gasteiger partial charge in [-0.25, -0.2) is 0 Å². The molecular weight excluding hydrogens is 262 g/mol. The molecule has 0 spiro atoms. The van der Waals surface area contributed by atoms with Gasteiger partial charge in [-0.15, -0.1) is 11.8 Å². The van der Waals surface area contributed by atoms with E-state index >= 15 is 0 Å². The summed E-state index contributed by atoms with van der Waals surface area (Å²) in [6.45, 7) is 1.63. The molecule has 0 radical (unpaired) electrons. The first-order valence-corrected chi connectivity index (χ1v) is 7.66. The van der Waals surface area contributed by atoms with Crippen LogP contribution in [0.1, 0.15) is 18.4 Å². The molecule has 1 aromatic carbocycles. The number of benzene rings is 1. The summed E-state index contributed by atoms with van der Waals surface area (Å²) in [5.41, 5.74) is 0.878. The number of hydrogen-bond acceptors (Lipinski definition) is 4. The van der Waals surface area contributed by atoms with Crippen LogP contribution in [0, 0.1) is 0 Å². The first kappa shape index (κ1) is 12.7. The molecule has 1 amide bonds. The lowest BCUT2D eigenvalue weighted by atomic mass is 10.1. The molecular formula is C14H17NO3S. The highest BCUT2D eigenvalue weighted by atomic mass is 32.2. The van der Waals surface area contributed by atoms with Crippen LogP contribution in [0.3, 0.4) is 0 Å². The van der Waals surface area contributed by atoms with Gasteiger partial charge >= 0.3 is 0 Å². The van der Waals surface area contributed by atoms with Crippen LogP contribution in [0.4, 0.5) is 0 Å². The molecule has 1 aliphatic heterocycles. The average Bonchev–Trinajstić information content (AvgIpc) is 3.21. The lowest BCUT2D eigenvalue weighted by Crippen LogP contribution is -2.39. The highest BCUT2D eigenvalue weighted by Gasteiger charge is 2.51. The second-order valence-corrected chi connectivity index (χ2v) is 6.26. The number of amides is 1. The highest BCUT2D eigenvalue weighted by Crippen LogP contribution is 2.49. The number of fused-ring (bicyclic) bond motifs is 1. The van der Waals surface area contributed by atoms with Crippen molar-refractivity contribution in [2.75, 3.05) is 19.4 Å². The van der Waals surface area contributed by atoms with E-state index in [0.29, 0.717) is 19.7 Å². The zero-order chi connectivity index (χ0) is 13.5. The maximum absolute atomic E-state index is 12.5. The van der Waals surface area contributed by atoms with E-state index in [0.717, 1.165) is 24.2 Å². The minimum absolute atomic E-state index is 0.193. The number of carbonyl (C=O) groups is 1. The van der Waals surface area contributed by atoms with Gasteiger partial charge in [0, 0.05) is 12.1 Å². The fraction of sp³-hybridized carbons (Fsp3) is 0.500. The summed E-state index contributed by atoms with van der Waals surface area (Å²) in [7, 11) is 0. The molecule has 1 aromatic rings. The van der Waals surface area contributed by atoms with Gasteiger partial charge in [0.15, 0.2) is 0 Å². The summed E-state index contributed by atoms with van der Waals surface area (Å²) in [4.78, 5) is 14.4. The number of carbonyl (C=O) groups excluding carboxylic acids is 1. The molecule has 0 saturated heterocycles. The molecule has 1 fully saturated rings. The van der Waals surface area contributed by atoms with Crippen molar-refractivity contribution in [3.8, 4) is 11.5 Å². The number of nitrogens with zero attached hydrogens (tertiary/aromatic N) is 1. The fourth-order valence-corrected chi connectivity index (χ4v) is 3.28. The number of aromatic hydroxyl groups is 1. The first-order chi connectivity index (χ1) is 9.14. The van der Waals surface area contributed by atoms with Crippen LogP contribution in [0.5, 0.6) is 11.5 Å². The van der Waals surface area contributed by atoms with Crippen LogP contribution in [0.2, 0.25) is 0 Å². The second-order valence-electron chi connectivity index (χ2n) is 5.07. The minimum atomic E-state index is -0.193. The summed E-state index contributed by atoms with van der Waals surface area (Å²) in [6.07, 6.45) is 3.94. The summed E-state index contributed by atoms with van der Waals surface area (Å²) in [6, 6.07) is 5.06. The highest BCUT2D eigenvalue weighted by molar-refractivity contribution is 8.01. The Kier molecular flexibility index (Phi) is 3.09. The molecule has 0 unspecified atom stereocenters. The van der Waals surface area contributed by atoms with Gasteiger partial charge in [-0.2, -0.15) is 0 Å². The predicted octanol–water partition coefficient (Wildman–Crippen LogP) is 2.01. The normalized spacial score (nSPS) is 20.2. The van der Waals surface area contributed by atoms with E-state index in [9.17, 15) is 9.90 Å². The molecule has 4 nitrogen and oxygen atoms in total. The van der Waals surface area contributed by atoms with Crippen molar-refractivity contribution < 1.29 is 14.6 Å². The maximum atomic E-state index is 12.5. The van der Waals surface area contributed by atoms with Crippen LogP contribution in [-0.4, -0.2) is 40.1 Å². The number of hydrogen-bond donors (Lipinski definition) is 1. The monoisotopic (exact) mass is 279 g/mol. The number of phenolic OH excluding ortho intramolecular Hbond substituents is 1. The summed E-state index contributed by atoms with van der Waals surface area (Å²) in [5, 5.41) is 9.56. The van der Waals surface area contributed by atoms with Gasteiger partial charge in [0.05, 0.1) is 11.3 Å². The lowest BCUT2D eigenvalue weighted by molar-refractivity contribution is -0.132. The van der Waals surface area contributed by atoms with Gasteiger partial charge in [-0.05, 0) is 37.3 Å². The topological polar surface area (TPSA) is 49.8 Å². The fourth-order valence-electron chi connectivity index (χ4n) is 2.46. The first-order valence-electron chi connectivity index (χ1n) is 6.44. The van der Waals surface area contributed by atoms with E-state index in [4.69, 9.17) is 4.74 Å². The Labute approximate surface area is 116 Å². The van der Waals surface area contributed by atoms with E-state index in [-0.39, 0.29) is 16.4 Å². The van der Waals surface area contributed by atoms with E-state index < -0.39 is 0 Å². The van der Waals surface area contributed by atoms with Crippen molar-refractivity contribution in [3.05, 3.63) is 23.8 Å². The largest absolute Gasteiger partial charge is 0.508 e. The van der Waals surface area contributed by atoms with Crippen molar-refractivity contribution in [2.24, 2.45) is 0 Å². The Morgan fingerprint density at radius 2 is 2.26 bits per heavy atom. The molecule has 1 N–H and O–H groups in total. The van der Waals surface area contributed by atoms with Gasteiger partial charge < -0.3 is 14.7 Å². The summed E-state index contributed by atoms with van der Waals surface area (Å²) < 4.78 is 5.45. The van der Waals surface area contributed by atoms with Crippen molar-refractivity contribution in [3.63, 3.8) is 0 Å². The molecule has 1 aliphatic carbocycles. The van der Waals surface area contributed by atoms with Crippen LogP contribution in [0.25, 0.3) is 0 Å². The quantitative estimate of drug-likeness (QED) is 0.899. The van der Waals surface area contributed by atoms with Gasteiger partial charge in [0.2, 0.25) is 5.91 Å². The zero-order valence-corrected chi connectivity index (χ0v) is 11.7. The summed E-state index contributed by atoms with van der Waals surface area (Å²) in [5.74, 6) is 1.18. The van der Waals surface area contributed by atoms with Gasteiger partial charge in [0.25, 0.3) is 0 Å². The maximum Gasteiger partial charge on any atom is 0.239 e. The van der Waals surface area contributed by atoms with Crippen molar-refractivity contribution in [2.45, 2.75) is 24.1 Å². The molecule has 5 heteroatoms. The molecule has 1 saturated carbocycles. The molecule has 102 valence electrons. The molecule has 2 aliphatic rings. The number of phenols is 1. The number of ether oxygens (including phenoxy) is 1. The Bertz CT molecular complexity index is 513. The molecule has 19 heavy (non-hydrogen) atoms.